The zero-order valence-corrected chi connectivity index (χ0v) is 16.7. The second-order valence-electron chi connectivity index (χ2n) is 7.47. The summed E-state index contributed by atoms with van der Waals surface area (Å²) < 4.78 is 0. The summed E-state index contributed by atoms with van der Waals surface area (Å²) in [6, 6.07) is 35.0. The van der Waals surface area contributed by atoms with Crippen molar-refractivity contribution >= 4 is 5.69 Å². The van der Waals surface area contributed by atoms with Crippen molar-refractivity contribution in [1.29, 1.82) is 0 Å². The number of anilines is 1. The summed E-state index contributed by atoms with van der Waals surface area (Å²) in [5, 5.41) is 0. The number of rotatable bonds is 4. The van der Waals surface area contributed by atoms with Crippen LogP contribution in [-0.2, 0) is 0 Å². The average molecular weight is 364 g/mol. The van der Waals surface area contributed by atoms with E-state index in [2.05, 4.69) is 123 Å². The molecule has 1 nitrogen and oxygen atoms in total. The molecule has 0 radical (unpaired) electrons. The minimum Gasteiger partial charge on any atom is -0.378 e. The van der Waals surface area contributed by atoms with E-state index in [9.17, 15) is 0 Å². The normalized spacial score (nSPS) is 10.7. The van der Waals surface area contributed by atoms with E-state index in [0.717, 1.165) is 0 Å². The van der Waals surface area contributed by atoms with Gasteiger partial charge in [0.05, 0.1) is 0 Å². The second kappa shape index (κ2) is 7.74. The maximum Gasteiger partial charge on any atom is 0.0361 e. The van der Waals surface area contributed by atoms with E-state index in [1.807, 2.05) is 0 Å². The molecule has 0 unspecified atom stereocenters. The van der Waals surface area contributed by atoms with Gasteiger partial charge in [-0.05, 0) is 70.6 Å². The van der Waals surface area contributed by atoms with Gasteiger partial charge in [-0.15, -0.1) is 0 Å². The van der Waals surface area contributed by atoms with Gasteiger partial charge >= 0.3 is 0 Å². The highest BCUT2D eigenvalue weighted by atomic mass is 15.1. The van der Waals surface area contributed by atoms with Crippen LogP contribution in [-0.4, -0.2) is 14.1 Å². The Balaban J connectivity index is 1.85. The van der Waals surface area contributed by atoms with Crippen LogP contribution in [0.2, 0.25) is 0 Å². The van der Waals surface area contributed by atoms with Gasteiger partial charge in [-0.1, -0.05) is 72.3 Å². The third-order valence-electron chi connectivity index (χ3n) is 5.14. The molecule has 0 aliphatic rings. The van der Waals surface area contributed by atoms with Crippen LogP contribution in [0.4, 0.5) is 5.69 Å². The van der Waals surface area contributed by atoms with Gasteiger partial charge < -0.3 is 4.90 Å². The molecule has 4 aromatic rings. The molecule has 0 spiro atoms. The number of nitrogens with zero attached hydrogens (tertiary/aromatic N) is 1. The molecule has 0 N–H and O–H groups in total. The van der Waals surface area contributed by atoms with Crippen LogP contribution < -0.4 is 4.90 Å². The van der Waals surface area contributed by atoms with Crippen molar-refractivity contribution < 1.29 is 0 Å². The lowest BCUT2D eigenvalue weighted by atomic mass is 9.93. The van der Waals surface area contributed by atoms with Crippen molar-refractivity contribution in [3.05, 3.63) is 103 Å². The van der Waals surface area contributed by atoms with Gasteiger partial charge in [0.1, 0.15) is 0 Å². The summed E-state index contributed by atoms with van der Waals surface area (Å²) in [6.07, 6.45) is 0. The summed E-state index contributed by atoms with van der Waals surface area (Å²) in [7, 11) is 4.14. The highest BCUT2D eigenvalue weighted by Gasteiger charge is 2.08. The monoisotopic (exact) mass is 363 g/mol. The fourth-order valence-corrected chi connectivity index (χ4v) is 3.46. The first-order valence-corrected chi connectivity index (χ1v) is 9.65. The topological polar surface area (TPSA) is 3.24 Å². The quantitative estimate of drug-likeness (QED) is 0.375. The summed E-state index contributed by atoms with van der Waals surface area (Å²) >= 11 is 0. The van der Waals surface area contributed by atoms with Gasteiger partial charge in [0.15, 0.2) is 0 Å². The van der Waals surface area contributed by atoms with Gasteiger partial charge in [-0.3, -0.25) is 0 Å². The van der Waals surface area contributed by atoms with Crippen molar-refractivity contribution in [2.75, 3.05) is 19.0 Å². The maximum absolute atomic E-state index is 2.29. The smallest absolute Gasteiger partial charge is 0.0361 e. The molecule has 0 bridgehead atoms. The lowest BCUT2D eigenvalue weighted by Gasteiger charge is -2.14. The van der Waals surface area contributed by atoms with E-state index in [4.69, 9.17) is 0 Å². The molecule has 0 atom stereocenters. The molecule has 4 rings (SSSR count). The lowest BCUT2D eigenvalue weighted by molar-refractivity contribution is 1.13. The third kappa shape index (κ3) is 3.84. The highest BCUT2D eigenvalue weighted by Crippen LogP contribution is 2.33. The largest absolute Gasteiger partial charge is 0.378 e. The van der Waals surface area contributed by atoms with E-state index >= 15 is 0 Å². The van der Waals surface area contributed by atoms with E-state index in [0.29, 0.717) is 0 Å². The molecule has 0 amide bonds. The zero-order chi connectivity index (χ0) is 19.5. The van der Waals surface area contributed by atoms with Crippen molar-refractivity contribution in [2.24, 2.45) is 0 Å². The van der Waals surface area contributed by atoms with E-state index < -0.39 is 0 Å². The summed E-state index contributed by atoms with van der Waals surface area (Å²) in [4.78, 5) is 2.13. The van der Waals surface area contributed by atoms with Crippen LogP contribution in [0.5, 0.6) is 0 Å². The molecule has 0 saturated carbocycles. The van der Waals surface area contributed by atoms with Gasteiger partial charge in [-0.25, -0.2) is 0 Å². The molecule has 1 heteroatoms. The molecule has 0 saturated heterocycles. The van der Waals surface area contributed by atoms with E-state index in [1.54, 1.807) is 0 Å². The molecule has 4 aromatic carbocycles. The molecule has 0 heterocycles. The second-order valence-corrected chi connectivity index (χ2v) is 7.47. The van der Waals surface area contributed by atoms with Crippen molar-refractivity contribution in [1.82, 2.24) is 0 Å². The van der Waals surface area contributed by atoms with Crippen LogP contribution in [0.3, 0.4) is 0 Å². The molecule has 0 aromatic heterocycles. The first kappa shape index (κ1) is 18.1. The zero-order valence-electron chi connectivity index (χ0n) is 16.7. The lowest BCUT2D eigenvalue weighted by Crippen LogP contribution is -2.07. The number of hydrogen-bond acceptors (Lipinski definition) is 1. The predicted molar refractivity (Wildman–Crippen MR) is 122 cm³/mol. The van der Waals surface area contributed by atoms with Crippen molar-refractivity contribution in [3.63, 3.8) is 0 Å². The molecule has 0 aliphatic carbocycles. The molecule has 0 aliphatic heterocycles. The Bertz CT molecular complexity index is 1060. The van der Waals surface area contributed by atoms with E-state index in [-0.39, 0.29) is 0 Å². The van der Waals surface area contributed by atoms with Crippen LogP contribution in [0, 0.1) is 6.92 Å². The Morgan fingerprint density at radius 2 is 0.893 bits per heavy atom. The Hall–Kier alpha value is -3.32. The number of aryl methyl sites for hydroxylation is 1. The van der Waals surface area contributed by atoms with Gasteiger partial charge in [0, 0.05) is 19.8 Å². The minimum absolute atomic E-state index is 1.21. The van der Waals surface area contributed by atoms with Crippen LogP contribution in [0.15, 0.2) is 97.1 Å². The van der Waals surface area contributed by atoms with Crippen molar-refractivity contribution in [3.8, 4) is 33.4 Å². The van der Waals surface area contributed by atoms with E-state index in [1.165, 1.54) is 44.6 Å². The van der Waals surface area contributed by atoms with Gasteiger partial charge in [-0.2, -0.15) is 0 Å². The first-order valence-electron chi connectivity index (χ1n) is 9.65. The minimum atomic E-state index is 1.21. The Kier molecular flexibility index (Phi) is 4.99. The molecular weight excluding hydrogens is 338 g/mol. The first-order chi connectivity index (χ1) is 13.6. The SMILES string of the molecule is Cc1ccc(-c2cc(-c3ccccc3)cc(-c3ccc(N(C)C)cc3)c2)cc1. The number of benzene rings is 4. The van der Waals surface area contributed by atoms with Crippen molar-refractivity contribution in [2.45, 2.75) is 6.92 Å². The fraction of sp³-hybridized carbons (Fsp3) is 0.111. The molecule has 0 fully saturated rings. The Morgan fingerprint density at radius 1 is 0.464 bits per heavy atom. The molecule has 28 heavy (non-hydrogen) atoms. The standard InChI is InChI=1S/C27H25N/c1-20-9-11-22(12-10-20)25-17-24(21-7-5-4-6-8-21)18-26(19-25)23-13-15-27(16-14-23)28(2)3/h4-19H,1-3H3. The summed E-state index contributed by atoms with van der Waals surface area (Å²) in [5.41, 5.74) is 9.93. The molecular formula is C27H25N. The third-order valence-corrected chi connectivity index (χ3v) is 5.14. The summed E-state index contributed by atoms with van der Waals surface area (Å²) in [5.74, 6) is 0. The molecule has 138 valence electrons. The average Bonchev–Trinajstić information content (AvgIpc) is 2.74. The van der Waals surface area contributed by atoms with Crippen LogP contribution in [0.1, 0.15) is 5.56 Å². The van der Waals surface area contributed by atoms with Gasteiger partial charge in [0.2, 0.25) is 0 Å². The van der Waals surface area contributed by atoms with Crippen LogP contribution in [0.25, 0.3) is 33.4 Å². The predicted octanol–water partition coefficient (Wildman–Crippen LogP) is 7.06. The Morgan fingerprint density at radius 3 is 1.36 bits per heavy atom. The highest BCUT2D eigenvalue weighted by molar-refractivity contribution is 5.81. The fourth-order valence-electron chi connectivity index (χ4n) is 3.46. The Labute approximate surface area is 167 Å². The maximum atomic E-state index is 2.29. The number of hydrogen-bond donors (Lipinski definition) is 0. The summed E-state index contributed by atoms with van der Waals surface area (Å²) in [6.45, 7) is 2.13. The van der Waals surface area contributed by atoms with Gasteiger partial charge in [0.25, 0.3) is 0 Å². The van der Waals surface area contributed by atoms with Crippen LogP contribution >= 0.6 is 0 Å².